The Hall–Kier alpha value is -4.58. The van der Waals surface area contributed by atoms with E-state index in [0.717, 1.165) is 61.0 Å². The monoisotopic (exact) mass is 440 g/mol. The fourth-order valence-electron chi connectivity index (χ4n) is 4.93. The molecule has 0 bridgehead atoms. The first-order valence-electron chi connectivity index (χ1n) is 11.2. The Morgan fingerprint density at radius 1 is 0.588 bits per heavy atom. The summed E-state index contributed by atoms with van der Waals surface area (Å²) >= 11 is 0. The third-order valence-corrected chi connectivity index (χ3v) is 6.57. The van der Waals surface area contributed by atoms with E-state index < -0.39 is 0 Å². The van der Waals surface area contributed by atoms with E-state index in [4.69, 9.17) is 4.98 Å². The smallest absolute Gasteiger partial charge is 0.104 e. The van der Waals surface area contributed by atoms with E-state index in [9.17, 15) is 0 Å². The van der Waals surface area contributed by atoms with Crippen LogP contribution in [0.25, 0.3) is 65.7 Å². The van der Waals surface area contributed by atoms with Crippen LogP contribution in [0.4, 0.5) is 0 Å². The molecule has 0 aliphatic rings. The third-order valence-electron chi connectivity index (χ3n) is 6.57. The van der Waals surface area contributed by atoms with Gasteiger partial charge in [0.1, 0.15) is 11.6 Å². The molecule has 0 saturated carbocycles. The predicted octanol–water partition coefficient (Wildman–Crippen LogP) is 6.49. The Morgan fingerprint density at radius 3 is 2.09 bits per heavy atom. The first-order chi connectivity index (χ1) is 16.6. The van der Waals surface area contributed by atoms with Gasteiger partial charge in [-0.2, -0.15) is 10.2 Å². The van der Waals surface area contributed by atoms with Crippen LogP contribution in [0.5, 0.6) is 0 Å². The zero-order valence-electron chi connectivity index (χ0n) is 18.7. The molecule has 0 fully saturated rings. The van der Waals surface area contributed by atoms with E-state index in [0.29, 0.717) is 0 Å². The first-order valence-corrected chi connectivity index (χ1v) is 11.2. The molecule has 0 unspecified atom stereocenters. The maximum Gasteiger partial charge on any atom is 0.104 e. The molecule has 7 aromatic rings. The van der Waals surface area contributed by atoms with Crippen molar-refractivity contribution in [2.75, 3.05) is 0 Å². The summed E-state index contributed by atoms with van der Waals surface area (Å²) in [6.45, 7) is 3.95. The molecule has 162 valence electrons. The van der Waals surface area contributed by atoms with Crippen molar-refractivity contribution in [3.05, 3.63) is 84.8 Å². The van der Waals surface area contributed by atoms with Gasteiger partial charge in [0.25, 0.3) is 0 Å². The second-order valence-corrected chi connectivity index (χ2v) is 8.78. The molecule has 0 atom stereocenters. The van der Waals surface area contributed by atoms with Crippen molar-refractivity contribution in [1.82, 2.24) is 30.1 Å². The topological polar surface area (TPSA) is 83.1 Å². The van der Waals surface area contributed by atoms with Crippen LogP contribution in [0.2, 0.25) is 0 Å². The van der Waals surface area contributed by atoms with E-state index in [1.54, 1.807) is 6.20 Å². The number of nitrogens with one attached hydrogen (secondary N) is 2. The van der Waals surface area contributed by atoms with E-state index in [1.807, 2.05) is 26.2 Å². The normalized spacial score (nSPS) is 11.8. The lowest BCUT2D eigenvalue weighted by Crippen LogP contribution is -1.87. The molecule has 0 aliphatic carbocycles. The standard InChI is InChI=1S/C28H20N6/c1-15-29-14-26(32-15)21-6-5-17-9-18(3-4-19(17)10-21)20-7-8-22-23(11-20)24-12-30-31-13-25(24)28-27(22)33-16(2)34-28/h3-14H,1-2H3,(H,29,32)(H,33,34). The molecule has 4 aromatic carbocycles. The third kappa shape index (κ3) is 2.82. The molecule has 3 heterocycles. The largest absolute Gasteiger partial charge is 0.342 e. The van der Waals surface area contributed by atoms with Gasteiger partial charge in [-0.1, -0.05) is 36.4 Å². The highest BCUT2D eigenvalue weighted by Crippen LogP contribution is 2.36. The van der Waals surface area contributed by atoms with Gasteiger partial charge in [0.05, 0.1) is 35.3 Å². The lowest BCUT2D eigenvalue weighted by atomic mass is 9.95. The van der Waals surface area contributed by atoms with E-state index in [1.165, 1.54) is 16.3 Å². The van der Waals surface area contributed by atoms with Gasteiger partial charge in [-0.3, -0.25) is 0 Å². The molecular weight excluding hydrogens is 420 g/mol. The molecule has 0 saturated heterocycles. The Labute approximate surface area is 194 Å². The van der Waals surface area contributed by atoms with Crippen molar-refractivity contribution in [2.24, 2.45) is 0 Å². The van der Waals surface area contributed by atoms with Gasteiger partial charge in [0.2, 0.25) is 0 Å². The number of fused-ring (bicyclic) bond motifs is 7. The lowest BCUT2D eigenvalue weighted by molar-refractivity contribution is 1.05. The van der Waals surface area contributed by atoms with Crippen LogP contribution in [0.3, 0.4) is 0 Å². The van der Waals surface area contributed by atoms with Gasteiger partial charge in [-0.25, -0.2) is 9.97 Å². The molecule has 0 spiro atoms. The highest BCUT2D eigenvalue weighted by atomic mass is 15.1. The maximum absolute atomic E-state index is 4.71. The molecule has 34 heavy (non-hydrogen) atoms. The molecule has 6 heteroatoms. The minimum atomic E-state index is 0.892. The van der Waals surface area contributed by atoms with Crippen LogP contribution in [-0.4, -0.2) is 30.1 Å². The van der Waals surface area contributed by atoms with Crippen molar-refractivity contribution in [2.45, 2.75) is 13.8 Å². The number of nitrogens with zero attached hydrogens (tertiary/aromatic N) is 4. The second kappa shape index (κ2) is 6.96. The van der Waals surface area contributed by atoms with E-state index in [-0.39, 0.29) is 0 Å². The summed E-state index contributed by atoms with van der Waals surface area (Å²) in [5, 5.41) is 15.0. The first kappa shape index (κ1) is 18.9. The predicted molar refractivity (Wildman–Crippen MR) is 137 cm³/mol. The molecular formula is C28H20N6. The van der Waals surface area contributed by atoms with Crippen molar-refractivity contribution in [3.8, 4) is 22.4 Å². The fraction of sp³-hybridized carbons (Fsp3) is 0.0714. The lowest BCUT2D eigenvalue weighted by Gasteiger charge is -2.10. The average Bonchev–Trinajstić information content (AvgIpc) is 3.49. The summed E-state index contributed by atoms with van der Waals surface area (Å²) in [6, 6.07) is 19.8. The number of H-pyrrole nitrogens is 2. The summed E-state index contributed by atoms with van der Waals surface area (Å²) in [6.07, 6.45) is 5.52. The van der Waals surface area contributed by atoms with Gasteiger partial charge >= 0.3 is 0 Å². The second-order valence-electron chi connectivity index (χ2n) is 8.78. The number of aryl methyl sites for hydroxylation is 2. The van der Waals surface area contributed by atoms with Crippen LogP contribution in [0.1, 0.15) is 11.6 Å². The minimum absolute atomic E-state index is 0.892. The SMILES string of the molecule is Cc1ncc(-c2ccc3cc(-c4ccc5c(c4)c4cnncc4c4nc(C)[nH]c54)ccc3c2)[nH]1. The fourth-order valence-corrected chi connectivity index (χ4v) is 4.93. The Bertz CT molecular complexity index is 1890. The van der Waals surface area contributed by atoms with Crippen LogP contribution in [0, 0.1) is 13.8 Å². The average molecular weight is 441 g/mol. The quantitative estimate of drug-likeness (QED) is 0.301. The van der Waals surface area contributed by atoms with Crippen molar-refractivity contribution >= 4 is 43.4 Å². The number of aromatic amines is 2. The van der Waals surface area contributed by atoms with Crippen LogP contribution >= 0.6 is 0 Å². The number of rotatable bonds is 2. The van der Waals surface area contributed by atoms with Gasteiger partial charge in [-0.15, -0.1) is 0 Å². The number of imidazole rings is 2. The molecule has 0 aliphatic heterocycles. The van der Waals surface area contributed by atoms with Crippen molar-refractivity contribution in [3.63, 3.8) is 0 Å². The maximum atomic E-state index is 4.71. The van der Waals surface area contributed by atoms with Crippen molar-refractivity contribution in [1.29, 1.82) is 0 Å². The Kier molecular flexibility index (Phi) is 3.88. The van der Waals surface area contributed by atoms with Crippen molar-refractivity contribution < 1.29 is 0 Å². The van der Waals surface area contributed by atoms with Gasteiger partial charge in [0, 0.05) is 21.7 Å². The molecule has 0 radical (unpaired) electrons. The Balaban J connectivity index is 1.40. The zero-order chi connectivity index (χ0) is 22.8. The number of hydrogen-bond donors (Lipinski definition) is 2. The van der Waals surface area contributed by atoms with E-state index in [2.05, 4.69) is 79.7 Å². The molecule has 0 amide bonds. The van der Waals surface area contributed by atoms with E-state index >= 15 is 0 Å². The number of aromatic nitrogens is 6. The summed E-state index contributed by atoms with van der Waals surface area (Å²) in [5.41, 5.74) is 6.49. The van der Waals surface area contributed by atoms with Crippen LogP contribution in [-0.2, 0) is 0 Å². The summed E-state index contributed by atoms with van der Waals surface area (Å²) in [7, 11) is 0. The van der Waals surface area contributed by atoms with Gasteiger partial charge in [0.15, 0.2) is 0 Å². The van der Waals surface area contributed by atoms with Gasteiger partial charge in [-0.05, 0) is 59.3 Å². The number of hydrogen-bond acceptors (Lipinski definition) is 4. The van der Waals surface area contributed by atoms with Crippen LogP contribution < -0.4 is 0 Å². The van der Waals surface area contributed by atoms with Crippen LogP contribution in [0.15, 0.2) is 73.2 Å². The molecule has 3 aromatic heterocycles. The zero-order valence-corrected chi connectivity index (χ0v) is 18.7. The molecule has 2 N–H and O–H groups in total. The molecule has 6 nitrogen and oxygen atoms in total. The summed E-state index contributed by atoms with van der Waals surface area (Å²) in [5.74, 6) is 1.81. The minimum Gasteiger partial charge on any atom is -0.342 e. The Morgan fingerprint density at radius 2 is 1.29 bits per heavy atom. The summed E-state index contributed by atoms with van der Waals surface area (Å²) < 4.78 is 0. The van der Waals surface area contributed by atoms with Gasteiger partial charge < -0.3 is 9.97 Å². The highest BCUT2D eigenvalue weighted by molar-refractivity contribution is 6.23. The number of benzene rings is 4. The molecule has 7 rings (SSSR count). The highest BCUT2D eigenvalue weighted by Gasteiger charge is 2.13. The summed E-state index contributed by atoms with van der Waals surface area (Å²) in [4.78, 5) is 15.8.